The highest BCUT2D eigenvalue weighted by molar-refractivity contribution is 5.17. The molecule has 1 nitrogen and oxygen atoms in total. The Bertz CT molecular complexity index is 266. The standard InChI is InChI=1S/C11H14FN/c1-2-3-11(13)8-9-4-6-10(12)7-5-9/h2,4-7,11H,1,3,8,13H2. The van der Waals surface area contributed by atoms with Gasteiger partial charge in [0.25, 0.3) is 0 Å². The van der Waals surface area contributed by atoms with Gasteiger partial charge in [-0.2, -0.15) is 0 Å². The molecule has 0 spiro atoms. The average molecular weight is 179 g/mol. The SMILES string of the molecule is C=CCC(N)Cc1ccc(F)cc1. The van der Waals surface area contributed by atoms with Crippen molar-refractivity contribution in [2.24, 2.45) is 5.73 Å². The van der Waals surface area contributed by atoms with Gasteiger partial charge < -0.3 is 5.73 Å². The summed E-state index contributed by atoms with van der Waals surface area (Å²) in [6.45, 7) is 3.62. The van der Waals surface area contributed by atoms with Crippen LogP contribution in [0.4, 0.5) is 4.39 Å². The van der Waals surface area contributed by atoms with Gasteiger partial charge in [0.15, 0.2) is 0 Å². The maximum atomic E-state index is 12.5. The predicted molar refractivity (Wildman–Crippen MR) is 52.9 cm³/mol. The fourth-order valence-electron chi connectivity index (χ4n) is 1.22. The highest BCUT2D eigenvalue weighted by Crippen LogP contribution is 2.06. The van der Waals surface area contributed by atoms with Gasteiger partial charge in [0.2, 0.25) is 0 Å². The summed E-state index contributed by atoms with van der Waals surface area (Å²) in [4.78, 5) is 0. The molecule has 70 valence electrons. The molecule has 13 heavy (non-hydrogen) atoms. The molecule has 0 aliphatic heterocycles. The van der Waals surface area contributed by atoms with Crippen molar-refractivity contribution in [3.8, 4) is 0 Å². The smallest absolute Gasteiger partial charge is 0.123 e. The van der Waals surface area contributed by atoms with Gasteiger partial charge in [0.1, 0.15) is 5.82 Å². The predicted octanol–water partition coefficient (Wildman–Crippen LogP) is 2.27. The van der Waals surface area contributed by atoms with E-state index in [9.17, 15) is 4.39 Å². The van der Waals surface area contributed by atoms with Crippen LogP contribution in [-0.4, -0.2) is 6.04 Å². The molecule has 0 aromatic heterocycles. The van der Waals surface area contributed by atoms with E-state index in [0.29, 0.717) is 0 Å². The molecule has 2 N–H and O–H groups in total. The molecule has 0 amide bonds. The lowest BCUT2D eigenvalue weighted by Gasteiger charge is -2.08. The van der Waals surface area contributed by atoms with Crippen LogP contribution in [0.2, 0.25) is 0 Å². The average Bonchev–Trinajstić information content (AvgIpc) is 2.09. The summed E-state index contributed by atoms with van der Waals surface area (Å²) in [5.74, 6) is -0.207. The minimum absolute atomic E-state index is 0.0861. The van der Waals surface area contributed by atoms with E-state index in [1.807, 2.05) is 0 Å². The van der Waals surface area contributed by atoms with E-state index in [2.05, 4.69) is 6.58 Å². The Labute approximate surface area is 78.1 Å². The Hall–Kier alpha value is -1.15. The van der Waals surface area contributed by atoms with Crippen LogP contribution < -0.4 is 5.73 Å². The van der Waals surface area contributed by atoms with E-state index in [1.165, 1.54) is 12.1 Å². The van der Waals surface area contributed by atoms with E-state index < -0.39 is 0 Å². The van der Waals surface area contributed by atoms with Gasteiger partial charge in [-0.05, 0) is 30.5 Å². The molecule has 0 saturated carbocycles. The molecule has 1 aromatic carbocycles. The van der Waals surface area contributed by atoms with Crippen LogP contribution in [0, 0.1) is 5.82 Å². The molecule has 0 radical (unpaired) electrons. The first kappa shape index (κ1) is 9.93. The zero-order valence-corrected chi connectivity index (χ0v) is 7.54. The second-order valence-corrected chi connectivity index (χ2v) is 3.12. The lowest BCUT2D eigenvalue weighted by molar-refractivity contribution is 0.624. The second-order valence-electron chi connectivity index (χ2n) is 3.12. The zero-order valence-electron chi connectivity index (χ0n) is 7.54. The molecule has 1 aromatic rings. The molecule has 0 fully saturated rings. The Kier molecular flexibility index (Phi) is 3.65. The summed E-state index contributed by atoms with van der Waals surface area (Å²) < 4.78 is 12.5. The molecule has 2 heteroatoms. The van der Waals surface area contributed by atoms with Crippen LogP contribution in [0.15, 0.2) is 36.9 Å². The monoisotopic (exact) mass is 179 g/mol. The van der Waals surface area contributed by atoms with Crippen LogP contribution in [0.25, 0.3) is 0 Å². The maximum absolute atomic E-state index is 12.5. The molecule has 1 atom stereocenters. The topological polar surface area (TPSA) is 26.0 Å². The number of nitrogens with two attached hydrogens (primary N) is 1. The zero-order chi connectivity index (χ0) is 9.68. The Balaban J connectivity index is 2.53. The Morgan fingerprint density at radius 1 is 1.38 bits per heavy atom. The molecule has 0 heterocycles. The number of hydrogen-bond acceptors (Lipinski definition) is 1. The molecule has 0 aliphatic carbocycles. The fourth-order valence-corrected chi connectivity index (χ4v) is 1.22. The van der Waals surface area contributed by atoms with Gasteiger partial charge in [-0.15, -0.1) is 6.58 Å². The normalized spacial score (nSPS) is 12.5. The largest absolute Gasteiger partial charge is 0.327 e. The van der Waals surface area contributed by atoms with Crippen molar-refractivity contribution in [2.45, 2.75) is 18.9 Å². The van der Waals surface area contributed by atoms with E-state index in [4.69, 9.17) is 5.73 Å². The summed E-state index contributed by atoms with van der Waals surface area (Å²) in [6, 6.07) is 6.52. The minimum Gasteiger partial charge on any atom is -0.327 e. The molecular formula is C11H14FN. The molecule has 1 unspecified atom stereocenters. The van der Waals surface area contributed by atoms with Crippen LogP contribution in [-0.2, 0) is 6.42 Å². The molecular weight excluding hydrogens is 165 g/mol. The van der Waals surface area contributed by atoms with Crippen molar-refractivity contribution in [3.63, 3.8) is 0 Å². The summed E-state index contributed by atoms with van der Waals surface area (Å²) in [7, 11) is 0. The van der Waals surface area contributed by atoms with Crippen LogP contribution in [0.1, 0.15) is 12.0 Å². The lowest BCUT2D eigenvalue weighted by Crippen LogP contribution is -2.21. The Morgan fingerprint density at radius 3 is 2.54 bits per heavy atom. The van der Waals surface area contributed by atoms with Crippen molar-refractivity contribution in [3.05, 3.63) is 48.3 Å². The molecule has 0 saturated heterocycles. The quantitative estimate of drug-likeness (QED) is 0.705. The first-order valence-electron chi connectivity index (χ1n) is 4.33. The number of halogens is 1. The van der Waals surface area contributed by atoms with Crippen molar-refractivity contribution in [2.75, 3.05) is 0 Å². The van der Waals surface area contributed by atoms with Crippen molar-refractivity contribution in [1.29, 1.82) is 0 Å². The van der Waals surface area contributed by atoms with Crippen molar-refractivity contribution in [1.82, 2.24) is 0 Å². The van der Waals surface area contributed by atoms with Gasteiger partial charge in [-0.1, -0.05) is 18.2 Å². The molecule has 0 aliphatic rings. The third-order valence-electron chi connectivity index (χ3n) is 1.88. The first-order chi connectivity index (χ1) is 6.22. The van der Waals surface area contributed by atoms with E-state index >= 15 is 0 Å². The number of hydrogen-bond donors (Lipinski definition) is 1. The van der Waals surface area contributed by atoms with Crippen LogP contribution in [0.3, 0.4) is 0 Å². The Morgan fingerprint density at radius 2 is 2.00 bits per heavy atom. The maximum Gasteiger partial charge on any atom is 0.123 e. The van der Waals surface area contributed by atoms with E-state index in [-0.39, 0.29) is 11.9 Å². The summed E-state index contributed by atoms with van der Waals surface area (Å²) in [5, 5.41) is 0. The highest BCUT2D eigenvalue weighted by Gasteiger charge is 2.01. The number of rotatable bonds is 4. The summed E-state index contributed by atoms with van der Waals surface area (Å²) >= 11 is 0. The van der Waals surface area contributed by atoms with Crippen molar-refractivity contribution >= 4 is 0 Å². The fraction of sp³-hybridized carbons (Fsp3) is 0.273. The number of benzene rings is 1. The van der Waals surface area contributed by atoms with Crippen molar-refractivity contribution < 1.29 is 4.39 Å². The van der Waals surface area contributed by atoms with Gasteiger partial charge in [0.05, 0.1) is 0 Å². The van der Waals surface area contributed by atoms with Gasteiger partial charge in [-0.3, -0.25) is 0 Å². The van der Waals surface area contributed by atoms with Gasteiger partial charge in [0, 0.05) is 6.04 Å². The summed E-state index contributed by atoms with van der Waals surface area (Å²) in [6.07, 6.45) is 3.36. The third-order valence-corrected chi connectivity index (χ3v) is 1.88. The third kappa shape index (κ3) is 3.38. The van der Waals surface area contributed by atoms with Crippen LogP contribution >= 0.6 is 0 Å². The minimum atomic E-state index is -0.207. The second kappa shape index (κ2) is 4.77. The van der Waals surface area contributed by atoms with Crippen LogP contribution in [0.5, 0.6) is 0 Å². The molecule has 1 rings (SSSR count). The summed E-state index contributed by atoms with van der Waals surface area (Å²) in [5.41, 5.74) is 6.85. The van der Waals surface area contributed by atoms with E-state index in [1.54, 1.807) is 18.2 Å². The van der Waals surface area contributed by atoms with E-state index in [0.717, 1.165) is 18.4 Å². The van der Waals surface area contributed by atoms with Gasteiger partial charge >= 0.3 is 0 Å². The lowest BCUT2D eigenvalue weighted by atomic mass is 10.0. The van der Waals surface area contributed by atoms with Gasteiger partial charge in [-0.25, -0.2) is 4.39 Å². The highest BCUT2D eigenvalue weighted by atomic mass is 19.1. The first-order valence-corrected chi connectivity index (χ1v) is 4.33. The molecule has 0 bridgehead atoms.